The van der Waals surface area contributed by atoms with Crippen LogP contribution in [0.2, 0.25) is 19.6 Å². The van der Waals surface area contributed by atoms with Crippen molar-refractivity contribution >= 4 is 24.3 Å². The Morgan fingerprint density at radius 2 is 1.30 bits per heavy atom. The van der Waals surface area contributed by atoms with Gasteiger partial charge in [0.2, 0.25) is 0 Å². The van der Waals surface area contributed by atoms with Crippen LogP contribution in [0.25, 0.3) is 61.6 Å². The van der Waals surface area contributed by atoms with Gasteiger partial charge >= 0.3 is 0 Å². The van der Waals surface area contributed by atoms with Crippen molar-refractivity contribution in [3.63, 3.8) is 0 Å². The summed E-state index contributed by atoms with van der Waals surface area (Å²) in [4.78, 5) is 14.8. The fourth-order valence-electron chi connectivity index (χ4n) is 5.62. The molecule has 4 aromatic carbocycles. The molecule has 5 nitrogen and oxygen atoms in total. The normalized spacial score (nSPS) is 11.6. The number of imidazole rings is 1. The summed E-state index contributed by atoms with van der Waals surface area (Å²) < 4.78 is 2.07. The number of phenols is 1. The lowest BCUT2D eigenvalue weighted by atomic mass is 9.95. The van der Waals surface area contributed by atoms with Crippen LogP contribution in [-0.2, 0) is 0 Å². The Kier molecular flexibility index (Phi) is 6.91. The first-order chi connectivity index (χ1) is 21.4. The van der Waals surface area contributed by atoms with Crippen LogP contribution >= 0.6 is 0 Å². The van der Waals surface area contributed by atoms with E-state index in [1.165, 1.54) is 5.19 Å². The molecule has 7 aromatic rings. The highest BCUT2D eigenvalue weighted by Crippen LogP contribution is 2.38. The number of fused-ring (bicyclic) bond motifs is 1. The van der Waals surface area contributed by atoms with Crippen LogP contribution in [0, 0.1) is 0 Å². The molecular formula is C38H32N4OSi. The number of benzene rings is 4. The number of aromatic nitrogens is 4. The number of para-hydroxylation sites is 2. The number of hydrogen-bond acceptors (Lipinski definition) is 4. The third-order valence-electron chi connectivity index (χ3n) is 8.00. The van der Waals surface area contributed by atoms with Crippen molar-refractivity contribution in [2.75, 3.05) is 0 Å². The van der Waals surface area contributed by atoms with Crippen LogP contribution in [0.15, 0.2) is 134 Å². The highest BCUT2D eigenvalue weighted by atomic mass is 28.3. The Labute approximate surface area is 258 Å². The Balaban J connectivity index is 1.48. The molecule has 3 heterocycles. The van der Waals surface area contributed by atoms with Crippen molar-refractivity contribution in [1.82, 2.24) is 19.5 Å². The first-order valence-corrected chi connectivity index (χ1v) is 18.2. The maximum Gasteiger partial charge on any atom is 0.149 e. The van der Waals surface area contributed by atoms with Crippen molar-refractivity contribution in [3.05, 3.63) is 134 Å². The Hall–Kier alpha value is -5.33. The van der Waals surface area contributed by atoms with E-state index >= 15 is 0 Å². The molecule has 0 atom stereocenters. The van der Waals surface area contributed by atoms with Gasteiger partial charge in [-0.2, -0.15) is 0 Å². The number of pyridine rings is 2. The van der Waals surface area contributed by atoms with E-state index in [0.29, 0.717) is 11.4 Å². The van der Waals surface area contributed by atoms with Crippen LogP contribution in [0.3, 0.4) is 0 Å². The predicted octanol–water partition coefficient (Wildman–Crippen LogP) is 8.73. The molecule has 0 radical (unpaired) electrons. The highest BCUT2D eigenvalue weighted by molar-refractivity contribution is 6.88. The van der Waals surface area contributed by atoms with Crippen molar-refractivity contribution in [3.8, 4) is 56.3 Å². The van der Waals surface area contributed by atoms with Crippen LogP contribution in [-0.4, -0.2) is 32.7 Å². The second-order valence-electron chi connectivity index (χ2n) is 12.0. The van der Waals surface area contributed by atoms with E-state index in [0.717, 1.165) is 50.2 Å². The second-order valence-corrected chi connectivity index (χ2v) is 17.1. The van der Waals surface area contributed by atoms with Crippen molar-refractivity contribution in [2.45, 2.75) is 19.6 Å². The van der Waals surface area contributed by atoms with Gasteiger partial charge in [-0.1, -0.05) is 86.4 Å². The lowest BCUT2D eigenvalue weighted by Crippen LogP contribution is -2.37. The molecule has 0 bridgehead atoms. The quantitative estimate of drug-likeness (QED) is 0.197. The first kappa shape index (κ1) is 27.5. The monoisotopic (exact) mass is 588 g/mol. The van der Waals surface area contributed by atoms with Gasteiger partial charge in [-0.25, -0.2) is 4.98 Å². The number of phenolic OH excluding ortho intramolecular Hbond substituents is 1. The van der Waals surface area contributed by atoms with Gasteiger partial charge in [0, 0.05) is 29.2 Å². The summed E-state index contributed by atoms with van der Waals surface area (Å²) in [6.45, 7) is 7.01. The van der Waals surface area contributed by atoms with E-state index in [1.807, 2.05) is 73.2 Å². The number of nitrogens with zero attached hydrogens (tertiary/aromatic N) is 4. The summed E-state index contributed by atoms with van der Waals surface area (Å²) in [5.74, 6) is 0.831. The van der Waals surface area contributed by atoms with Crippen LogP contribution in [0.4, 0.5) is 0 Å². The maximum absolute atomic E-state index is 10.9. The van der Waals surface area contributed by atoms with Crippen LogP contribution in [0.1, 0.15) is 0 Å². The standard InChI is InChI=1S/C38H32N4OSi/c1-44(2,3)31-18-19-34(40-23-31)29-21-27(26-12-6-4-7-13-26)20-28(22-29)33-24-39-25-35-37(33)41-38(32-16-10-11-17-36(32)43)42(35)30-14-8-5-9-15-30/h4-25,43H,1-3H3. The molecule has 214 valence electrons. The SMILES string of the molecule is C[Si](C)(C)c1ccc(-c2cc(-c3ccccc3)cc(-c3cncc4c3nc(-c3ccccc3O)n4-c3ccccc3)c2)nc1. The van der Waals surface area contributed by atoms with Gasteiger partial charge < -0.3 is 5.11 Å². The van der Waals surface area contributed by atoms with E-state index in [9.17, 15) is 5.11 Å². The number of aromatic hydroxyl groups is 1. The third kappa shape index (κ3) is 5.10. The number of hydrogen-bond donors (Lipinski definition) is 1. The maximum atomic E-state index is 10.9. The Bertz CT molecular complexity index is 2100. The molecule has 3 aromatic heterocycles. The Morgan fingerprint density at radius 1 is 0.614 bits per heavy atom. The molecule has 6 heteroatoms. The minimum atomic E-state index is -1.48. The highest BCUT2D eigenvalue weighted by Gasteiger charge is 2.21. The molecule has 0 unspecified atom stereocenters. The zero-order valence-electron chi connectivity index (χ0n) is 24.9. The third-order valence-corrected chi connectivity index (χ3v) is 10.0. The van der Waals surface area contributed by atoms with Gasteiger partial charge in [-0.05, 0) is 70.4 Å². The molecule has 0 spiro atoms. The van der Waals surface area contributed by atoms with Crippen LogP contribution < -0.4 is 5.19 Å². The largest absolute Gasteiger partial charge is 0.507 e. The van der Waals surface area contributed by atoms with E-state index < -0.39 is 8.07 Å². The first-order valence-electron chi connectivity index (χ1n) is 14.7. The zero-order chi connectivity index (χ0) is 30.3. The van der Waals surface area contributed by atoms with E-state index in [1.54, 1.807) is 6.07 Å². The fourth-order valence-corrected chi connectivity index (χ4v) is 6.66. The molecule has 1 N–H and O–H groups in total. The summed E-state index contributed by atoms with van der Waals surface area (Å²) in [5, 5.41) is 12.2. The smallest absolute Gasteiger partial charge is 0.149 e. The van der Waals surface area contributed by atoms with Crippen LogP contribution in [0.5, 0.6) is 5.75 Å². The molecule has 0 fully saturated rings. The lowest BCUT2D eigenvalue weighted by molar-refractivity contribution is 0.477. The summed E-state index contributed by atoms with van der Waals surface area (Å²) in [5.41, 5.74) is 9.34. The Morgan fingerprint density at radius 3 is 2.00 bits per heavy atom. The van der Waals surface area contributed by atoms with E-state index in [2.05, 4.69) is 78.8 Å². The minimum Gasteiger partial charge on any atom is -0.507 e. The summed E-state index contributed by atoms with van der Waals surface area (Å²) >= 11 is 0. The molecule has 0 saturated heterocycles. The van der Waals surface area contributed by atoms with Crippen molar-refractivity contribution in [1.29, 1.82) is 0 Å². The lowest BCUT2D eigenvalue weighted by Gasteiger charge is -2.16. The second kappa shape index (κ2) is 11.1. The molecule has 0 amide bonds. The molecule has 0 aliphatic heterocycles. The van der Waals surface area contributed by atoms with Gasteiger partial charge in [0.05, 0.1) is 31.0 Å². The minimum absolute atomic E-state index is 0.177. The van der Waals surface area contributed by atoms with Gasteiger partial charge in [0.25, 0.3) is 0 Å². The molecule has 0 aliphatic rings. The average molecular weight is 589 g/mol. The zero-order valence-corrected chi connectivity index (χ0v) is 25.9. The van der Waals surface area contributed by atoms with Gasteiger partial charge in [-0.15, -0.1) is 0 Å². The summed E-state index contributed by atoms with van der Waals surface area (Å²) in [6.07, 6.45) is 5.77. The topological polar surface area (TPSA) is 63.8 Å². The molecular weight excluding hydrogens is 557 g/mol. The molecule has 0 saturated carbocycles. The molecule has 7 rings (SSSR count). The predicted molar refractivity (Wildman–Crippen MR) is 183 cm³/mol. The van der Waals surface area contributed by atoms with Gasteiger partial charge in [0.1, 0.15) is 17.1 Å². The van der Waals surface area contributed by atoms with Crippen molar-refractivity contribution in [2.24, 2.45) is 0 Å². The van der Waals surface area contributed by atoms with Gasteiger partial charge in [0.15, 0.2) is 0 Å². The average Bonchev–Trinajstić information content (AvgIpc) is 3.45. The van der Waals surface area contributed by atoms with E-state index in [4.69, 9.17) is 15.0 Å². The summed E-state index contributed by atoms with van der Waals surface area (Å²) in [7, 11) is -1.48. The van der Waals surface area contributed by atoms with Crippen molar-refractivity contribution < 1.29 is 5.11 Å². The fraction of sp³-hybridized carbons (Fsp3) is 0.0789. The molecule has 0 aliphatic carbocycles. The van der Waals surface area contributed by atoms with Gasteiger partial charge in [-0.3, -0.25) is 14.5 Å². The van der Waals surface area contributed by atoms with E-state index in [-0.39, 0.29) is 5.75 Å². The number of rotatable bonds is 6. The molecule has 44 heavy (non-hydrogen) atoms. The summed E-state index contributed by atoms with van der Waals surface area (Å²) in [6, 6.07) is 38.8.